The molecular weight excluding hydrogens is 292 g/mol. The van der Waals surface area contributed by atoms with Crippen molar-refractivity contribution in [2.45, 2.75) is 45.6 Å². The molecule has 4 N–H and O–H groups in total. The Hall–Kier alpha value is -0.360. The lowest BCUT2D eigenvalue weighted by Crippen LogP contribution is -2.48. The van der Waals surface area contributed by atoms with Crippen molar-refractivity contribution >= 4 is 18.3 Å². The molecule has 0 bridgehead atoms. The molecule has 0 spiro atoms. The summed E-state index contributed by atoms with van der Waals surface area (Å²) < 4.78 is 5.29. The summed E-state index contributed by atoms with van der Waals surface area (Å²) in [7, 11) is 0. The number of hydrogen-bond donors (Lipinski definition) is 3. The number of carbonyl (C=O) groups excluding carboxylic acids is 1. The highest BCUT2D eigenvalue weighted by Crippen LogP contribution is 2.18. The number of hydrogen-bond acceptors (Lipinski definition) is 4. The molecule has 126 valence electrons. The quantitative estimate of drug-likeness (QED) is 0.629. The Morgan fingerprint density at radius 2 is 2.00 bits per heavy atom. The van der Waals surface area contributed by atoms with Gasteiger partial charge in [-0.3, -0.25) is 4.79 Å². The van der Waals surface area contributed by atoms with Crippen LogP contribution in [0, 0.1) is 17.8 Å². The standard InChI is InChI=1S/C15H30N2O3.ClH/c1-11(2)9-12(3-6-18)10-17-15(19)14(16)13-4-7-20-8-5-13;/h11-14,18H,3-10,16H2,1-2H3,(H,17,19);1H. The monoisotopic (exact) mass is 322 g/mol. The van der Waals surface area contributed by atoms with Crippen molar-refractivity contribution < 1.29 is 14.6 Å². The van der Waals surface area contributed by atoms with Crippen molar-refractivity contribution in [1.29, 1.82) is 0 Å². The van der Waals surface area contributed by atoms with Crippen molar-refractivity contribution in [2.75, 3.05) is 26.4 Å². The van der Waals surface area contributed by atoms with Gasteiger partial charge in [-0.15, -0.1) is 12.4 Å². The lowest BCUT2D eigenvalue weighted by molar-refractivity contribution is -0.124. The van der Waals surface area contributed by atoms with E-state index in [1.807, 2.05) is 0 Å². The van der Waals surface area contributed by atoms with Gasteiger partial charge >= 0.3 is 0 Å². The zero-order valence-electron chi connectivity index (χ0n) is 13.2. The van der Waals surface area contributed by atoms with Crippen LogP contribution in [0.4, 0.5) is 0 Å². The summed E-state index contributed by atoms with van der Waals surface area (Å²) in [6, 6.07) is -0.437. The van der Waals surface area contributed by atoms with E-state index in [9.17, 15) is 4.79 Å². The minimum atomic E-state index is -0.437. The zero-order valence-corrected chi connectivity index (χ0v) is 14.0. The number of aliphatic hydroxyl groups is 1. The second kappa shape index (κ2) is 11.2. The molecular formula is C15H31ClN2O3. The lowest BCUT2D eigenvalue weighted by atomic mass is 9.91. The van der Waals surface area contributed by atoms with Gasteiger partial charge in [0, 0.05) is 26.4 Å². The first-order valence-corrected chi connectivity index (χ1v) is 7.76. The third-order valence-electron chi connectivity index (χ3n) is 3.98. The highest BCUT2D eigenvalue weighted by atomic mass is 35.5. The van der Waals surface area contributed by atoms with Gasteiger partial charge in [0.1, 0.15) is 0 Å². The van der Waals surface area contributed by atoms with E-state index in [0.717, 1.165) is 25.7 Å². The van der Waals surface area contributed by atoms with Crippen LogP contribution in [-0.2, 0) is 9.53 Å². The average molecular weight is 323 g/mol. The van der Waals surface area contributed by atoms with E-state index < -0.39 is 6.04 Å². The maximum atomic E-state index is 12.1. The highest BCUT2D eigenvalue weighted by molar-refractivity contribution is 5.85. The van der Waals surface area contributed by atoms with Crippen LogP contribution in [0.2, 0.25) is 0 Å². The molecule has 0 aliphatic carbocycles. The number of halogens is 1. The zero-order chi connectivity index (χ0) is 15.0. The molecule has 0 aromatic rings. The van der Waals surface area contributed by atoms with Crippen LogP contribution in [0.3, 0.4) is 0 Å². The van der Waals surface area contributed by atoms with Crippen molar-refractivity contribution in [3.63, 3.8) is 0 Å². The van der Waals surface area contributed by atoms with Crippen molar-refractivity contribution in [2.24, 2.45) is 23.5 Å². The molecule has 6 heteroatoms. The summed E-state index contributed by atoms with van der Waals surface area (Å²) in [5.74, 6) is 1.05. The maximum Gasteiger partial charge on any atom is 0.237 e. The predicted molar refractivity (Wildman–Crippen MR) is 86.4 cm³/mol. The number of rotatable bonds is 8. The minimum absolute atomic E-state index is 0. The predicted octanol–water partition coefficient (Wildman–Crippen LogP) is 1.32. The molecule has 0 aromatic heterocycles. The van der Waals surface area contributed by atoms with E-state index in [-0.39, 0.29) is 30.8 Å². The van der Waals surface area contributed by atoms with E-state index in [2.05, 4.69) is 19.2 Å². The first-order valence-electron chi connectivity index (χ1n) is 7.76. The molecule has 0 radical (unpaired) electrons. The van der Waals surface area contributed by atoms with Gasteiger partial charge in [0.15, 0.2) is 0 Å². The molecule has 2 atom stereocenters. The van der Waals surface area contributed by atoms with Crippen LogP contribution in [0.25, 0.3) is 0 Å². The third kappa shape index (κ3) is 8.00. The molecule has 2 unspecified atom stereocenters. The fraction of sp³-hybridized carbons (Fsp3) is 0.933. The van der Waals surface area contributed by atoms with Gasteiger partial charge in [0.25, 0.3) is 0 Å². The van der Waals surface area contributed by atoms with Gasteiger partial charge < -0.3 is 20.9 Å². The third-order valence-corrected chi connectivity index (χ3v) is 3.98. The largest absolute Gasteiger partial charge is 0.396 e. The van der Waals surface area contributed by atoms with Gasteiger partial charge in [0.05, 0.1) is 6.04 Å². The van der Waals surface area contributed by atoms with Gasteiger partial charge in [-0.2, -0.15) is 0 Å². The van der Waals surface area contributed by atoms with Gasteiger partial charge in [0.2, 0.25) is 5.91 Å². The number of aliphatic hydroxyl groups excluding tert-OH is 1. The molecule has 1 aliphatic rings. The Balaban J connectivity index is 0.00000400. The number of nitrogens with two attached hydrogens (primary N) is 1. The fourth-order valence-electron chi connectivity index (χ4n) is 2.80. The summed E-state index contributed by atoms with van der Waals surface area (Å²) in [6.07, 6.45) is 3.46. The second-order valence-corrected chi connectivity index (χ2v) is 6.23. The molecule has 1 saturated heterocycles. The average Bonchev–Trinajstić information content (AvgIpc) is 2.44. The molecule has 1 rings (SSSR count). The van der Waals surface area contributed by atoms with Crippen LogP contribution >= 0.6 is 12.4 Å². The summed E-state index contributed by atoms with van der Waals surface area (Å²) in [6.45, 7) is 6.48. The van der Waals surface area contributed by atoms with Crippen LogP contribution in [-0.4, -0.2) is 43.4 Å². The van der Waals surface area contributed by atoms with Crippen LogP contribution < -0.4 is 11.1 Å². The van der Waals surface area contributed by atoms with E-state index in [0.29, 0.717) is 31.6 Å². The second-order valence-electron chi connectivity index (χ2n) is 6.23. The minimum Gasteiger partial charge on any atom is -0.396 e. The van der Waals surface area contributed by atoms with E-state index >= 15 is 0 Å². The van der Waals surface area contributed by atoms with E-state index in [1.165, 1.54) is 0 Å². The topological polar surface area (TPSA) is 84.6 Å². The van der Waals surface area contributed by atoms with Gasteiger partial charge in [-0.25, -0.2) is 0 Å². The Labute approximate surface area is 134 Å². The Bertz CT molecular complexity index is 284. The summed E-state index contributed by atoms with van der Waals surface area (Å²) in [4.78, 5) is 12.1. The maximum absolute atomic E-state index is 12.1. The molecule has 1 heterocycles. The Morgan fingerprint density at radius 1 is 1.38 bits per heavy atom. The Kier molecular flexibility index (Phi) is 11.0. The summed E-state index contributed by atoms with van der Waals surface area (Å²) in [5.41, 5.74) is 6.04. The molecule has 0 aromatic carbocycles. The van der Waals surface area contributed by atoms with Gasteiger partial charge in [-0.1, -0.05) is 13.8 Å². The number of carbonyl (C=O) groups is 1. The molecule has 1 aliphatic heterocycles. The number of ether oxygens (including phenoxy) is 1. The fourth-order valence-corrected chi connectivity index (χ4v) is 2.80. The SMILES string of the molecule is CC(C)CC(CCO)CNC(=O)C(N)C1CCOCC1.Cl. The highest BCUT2D eigenvalue weighted by Gasteiger charge is 2.26. The van der Waals surface area contributed by atoms with Crippen LogP contribution in [0.5, 0.6) is 0 Å². The Morgan fingerprint density at radius 3 is 2.52 bits per heavy atom. The normalized spacial score (nSPS) is 18.9. The van der Waals surface area contributed by atoms with E-state index in [1.54, 1.807) is 0 Å². The van der Waals surface area contributed by atoms with Crippen molar-refractivity contribution in [3.05, 3.63) is 0 Å². The van der Waals surface area contributed by atoms with Gasteiger partial charge in [-0.05, 0) is 43.4 Å². The molecule has 0 saturated carbocycles. The van der Waals surface area contributed by atoms with E-state index in [4.69, 9.17) is 15.6 Å². The molecule has 1 fully saturated rings. The first-order chi connectivity index (χ1) is 9.54. The number of amides is 1. The van der Waals surface area contributed by atoms with Crippen LogP contribution in [0.1, 0.15) is 39.5 Å². The van der Waals surface area contributed by atoms with Crippen molar-refractivity contribution in [3.8, 4) is 0 Å². The van der Waals surface area contributed by atoms with Crippen LogP contribution in [0.15, 0.2) is 0 Å². The lowest BCUT2D eigenvalue weighted by Gasteiger charge is -2.27. The molecule has 5 nitrogen and oxygen atoms in total. The first kappa shape index (κ1) is 20.6. The van der Waals surface area contributed by atoms with Crippen molar-refractivity contribution in [1.82, 2.24) is 5.32 Å². The molecule has 21 heavy (non-hydrogen) atoms. The summed E-state index contributed by atoms with van der Waals surface area (Å²) in [5, 5.41) is 12.0. The number of nitrogens with one attached hydrogen (secondary N) is 1. The summed E-state index contributed by atoms with van der Waals surface area (Å²) >= 11 is 0. The smallest absolute Gasteiger partial charge is 0.237 e. The molecule has 1 amide bonds.